The van der Waals surface area contributed by atoms with E-state index in [-0.39, 0.29) is 24.2 Å². The van der Waals surface area contributed by atoms with E-state index in [4.69, 9.17) is 23.2 Å². The van der Waals surface area contributed by atoms with Crippen molar-refractivity contribution < 1.29 is 14.0 Å². The third kappa shape index (κ3) is 4.34. The van der Waals surface area contributed by atoms with Gasteiger partial charge in [0.05, 0.1) is 0 Å². The Bertz CT molecular complexity index is 807. The molecule has 1 saturated heterocycles. The molecule has 0 radical (unpaired) electrons. The summed E-state index contributed by atoms with van der Waals surface area (Å²) in [7, 11) is 0. The molecule has 1 fully saturated rings. The molecule has 2 aromatic carbocycles. The molecule has 2 amide bonds. The summed E-state index contributed by atoms with van der Waals surface area (Å²) in [6, 6.07) is 10.0. The van der Waals surface area contributed by atoms with Gasteiger partial charge in [-0.05, 0) is 48.7 Å². The number of amides is 2. The van der Waals surface area contributed by atoms with Crippen molar-refractivity contribution in [2.45, 2.75) is 25.4 Å². The van der Waals surface area contributed by atoms with Gasteiger partial charge in [0.25, 0.3) is 5.91 Å². The van der Waals surface area contributed by atoms with E-state index in [1.807, 2.05) is 0 Å². The Morgan fingerprint density at radius 3 is 2.42 bits per heavy atom. The lowest BCUT2D eigenvalue weighted by atomic mass is 10.1. The molecule has 1 heterocycles. The van der Waals surface area contributed by atoms with Gasteiger partial charge in [-0.3, -0.25) is 9.59 Å². The smallest absolute Gasteiger partial charge is 0.254 e. The molecule has 1 unspecified atom stereocenters. The van der Waals surface area contributed by atoms with Crippen LogP contribution in [0.3, 0.4) is 0 Å². The fourth-order valence-electron chi connectivity index (χ4n) is 3.03. The van der Waals surface area contributed by atoms with E-state index >= 15 is 0 Å². The number of carbonyl (C=O) groups is 2. The minimum Gasteiger partial charge on any atom is -0.350 e. The highest BCUT2D eigenvalue weighted by Crippen LogP contribution is 2.24. The van der Waals surface area contributed by atoms with Crippen LogP contribution in [0.5, 0.6) is 0 Å². The predicted octanol–water partition coefficient (Wildman–Crippen LogP) is 4.05. The molecule has 0 saturated carbocycles. The normalized spacial score (nSPS) is 16.6. The maximum atomic E-state index is 12.9. The van der Waals surface area contributed by atoms with Gasteiger partial charge in [-0.2, -0.15) is 0 Å². The zero-order valence-corrected chi connectivity index (χ0v) is 15.4. The van der Waals surface area contributed by atoms with E-state index < -0.39 is 6.04 Å². The van der Waals surface area contributed by atoms with Gasteiger partial charge in [-0.1, -0.05) is 35.3 Å². The quantitative estimate of drug-likeness (QED) is 0.849. The van der Waals surface area contributed by atoms with Gasteiger partial charge < -0.3 is 10.2 Å². The highest BCUT2D eigenvalue weighted by Gasteiger charge is 2.34. The molecule has 2 aromatic rings. The zero-order chi connectivity index (χ0) is 18.7. The predicted molar refractivity (Wildman–Crippen MR) is 98.8 cm³/mol. The first kappa shape index (κ1) is 18.7. The number of benzene rings is 2. The summed E-state index contributed by atoms with van der Waals surface area (Å²) in [5, 5.41) is 3.56. The van der Waals surface area contributed by atoms with Gasteiger partial charge >= 0.3 is 0 Å². The maximum absolute atomic E-state index is 12.9. The van der Waals surface area contributed by atoms with E-state index in [1.54, 1.807) is 35.2 Å². The van der Waals surface area contributed by atoms with Crippen LogP contribution in [0.25, 0.3) is 0 Å². The number of rotatable bonds is 4. The lowest BCUT2D eigenvalue weighted by Gasteiger charge is -2.24. The van der Waals surface area contributed by atoms with Crippen molar-refractivity contribution >= 4 is 35.0 Å². The summed E-state index contributed by atoms with van der Waals surface area (Å²) in [5.41, 5.74) is 1.15. The summed E-state index contributed by atoms with van der Waals surface area (Å²) >= 11 is 11.9. The Labute approximate surface area is 160 Å². The molecule has 0 aromatic heterocycles. The molecule has 0 bridgehead atoms. The molecule has 136 valence electrons. The largest absolute Gasteiger partial charge is 0.350 e. The number of hydrogen-bond acceptors (Lipinski definition) is 2. The third-order valence-corrected chi connectivity index (χ3v) is 4.74. The maximum Gasteiger partial charge on any atom is 0.254 e. The van der Waals surface area contributed by atoms with Gasteiger partial charge in [0.1, 0.15) is 11.9 Å². The number of likely N-dealkylation sites (tertiary alicyclic amines) is 1. The Kier molecular flexibility index (Phi) is 5.79. The summed E-state index contributed by atoms with van der Waals surface area (Å²) in [4.78, 5) is 26.8. The number of hydrogen-bond donors (Lipinski definition) is 1. The van der Waals surface area contributed by atoms with Crippen LogP contribution in [-0.4, -0.2) is 29.3 Å². The first-order valence-corrected chi connectivity index (χ1v) is 8.99. The fourth-order valence-corrected chi connectivity index (χ4v) is 3.56. The second-order valence-corrected chi connectivity index (χ2v) is 7.03. The molecule has 0 spiro atoms. The molecule has 1 aliphatic heterocycles. The van der Waals surface area contributed by atoms with E-state index in [9.17, 15) is 14.0 Å². The average Bonchev–Trinajstić information content (AvgIpc) is 3.09. The topological polar surface area (TPSA) is 49.4 Å². The van der Waals surface area contributed by atoms with Gasteiger partial charge in [-0.25, -0.2) is 4.39 Å². The van der Waals surface area contributed by atoms with Gasteiger partial charge in [0.15, 0.2) is 0 Å². The second kappa shape index (κ2) is 8.06. The SMILES string of the molecule is O=C(NCc1ccc(F)cc1)C1CCCN1C(=O)c1cc(Cl)cc(Cl)c1. The van der Waals surface area contributed by atoms with Gasteiger partial charge in [0, 0.05) is 28.7 Å². The van der Waals surface area contributed by atoms with Crippen molar-refractivity contribution in [1.29, 1.82) is 0 Å². The zero-order valence-electron chi connectivity index (χ0n) is 13.8. The van der Waals surface area contributed by atoms with E-state index in [0.29, 0.717) is 28.6 Å². The highest BCUT2D eigenvalue weighted by atomic mass is 35.5. The Morgan fingerprint density at radius 1 is 1.12 bits per heavy atom. The Balaban J connectivity index is 1.67. The minimum atomic E-state index is -0.541. The molecule has 26 heavy (non-hydrogen) atoms. The number of nitrogens with one attached hydrogen (secondary N) is 1. The molecule has 1 atom stereocenters. The van der Waals surface area contributed by atoms with Crippen LogP contribution in [0.2, 0.25) is 10.0 Å². The molecule has 3 rings (SSSR count). The Morgan fingerprint density at radius 2 is 1.77 bits per heavy atom. The first-order chi connectivity index (χ1) is 12.4. The molecule has 1 N–H and O–H groups in total. The van der Waals surface area contributed by atoms with E-state index in [0.717, 1.165) is 12.0 Å². The van der Waals surface area contributed by atoms with Crippen LogP contribution in [0.1, 0.15) is 28.8 Å². The minimum absolute atomic E-state index is 0.228. The number of halogens is 3. The standard InChI is InChI=1S/C19H17Cl2FN2O2/c20-14-8-13(9-15(21)10-14)19(26)24-7-1-2-17(24)18(25)23-11-12-3-5-16(22)6-4-12/h3-6,8-10,17H,1-2,7,11H2,(H,23,25). The molecule has 1 aliphatic rings. The van der Waals surface area contributed by atoms with Gasteiger partial charge in [0.2, 0.25) is 5.91 Å². The Hall–Kier alpha value is -2.11. The van der Waals surface area contributed by atoms with Crippen molar-refractivity contribution in [2.75, 3.05) is 6.54 Å². The summed E-state index contributed by atoms with van der Waals surface area (Å²) in [6.07, 6.45) is 1.34. The lowest BCUT2D eigenvalue weighted by Crippen LogP contribution is -2.45. The molecular weight excluding hydrogens is 378 g/mol. The van der Waals surface area contributed by atoms with E-state index in [2.05, 4.69) is 5.32 Å². The third-order valence-electron chi connectivity index (χ3n) is 4.31. The molecule has 4 nitrogen and oxygen atoms in total. The first-order valence-electron chi connectivity index (χ1n) is 8.23. The molecule has 0 aliphatic carbocycles. The van der Waals surface area contributed by atoms with Crippen LogP contribution in [0, 0.1) is 5.82 Å². The van der Waals surface area contributed by atoms with Crippen molar-refractivity contribution in [3.63, 3.8) is 0 Å². The van der Waals surface area contributed by atoms with Crippen molar-refractivity contribution in [3.05, 3.63) is 69.5 Å². The number of carbonyl (C=O) groups excluding carboxylic acids is 2. The van der Waals surface area contributed by atoms with Crippen molar-refractivity contribution in [3.8, 4) is 0 Å². The van der Waals surface area contributed by atoms with Crippen molar-refractivity contribution in [2.24, 2.45) is 0 Å². The molecule has 7 heteroatoms. The monoisotopic (exact) mass is 394 g/mol. The lowest BCUT2D eigenvalue weighted by molar-refractivity contribution is -0.125. The van der Waals surface area contributed by atoms with Crippen LogP contribution in [-0.2, 0) is 11.3 Å². The van der Waals surface area contributed by atoms with Crippen molar-refractivity contribution in [1.82, 2.24) is 10.2 Å². The summed E-state index contributed by atoms with van der Waals surface area (Å²) in [6.45, 7) is 0.776. The van der Waals surface area contributed by atoms with E-state index in [1.165, 1.54) is 12.1 Å². The second-order valence-electron chi connectivity index (χ2n) is 6.16. The van der Waals surface area contributed by atoms with Gasteiger partial charge in [-0.15, -0.1) is 0 Å². The molecular formula is C19H17Cl2FN2O2. The average molecular weight is 395 g/mol. The van der Waals surface area contributed by atoms with Crippen LogP contribution < -0.4 is 5.32 Å². The van der Waals surface area contributed by atoms with Crippen LogP contribution >= 0.6 is 23.2 Å². The van der Waals surface area contributed by atoms with Crippen LogP contribution in [0.15, 0.2) is 42.5 Å². The fraction of sp³-hybridized carbons (Fsp3) is 0.263. The highest BCUT2D eigenvalue weighted by molar-refractivity contribution is 6.35. The van der Waals surface area contributed by atoms with Crippen LogP contribution in [0.4, 0.5) is 4.39 Å². The number of nitrogens with zero attached hydrogens (tertiary/aromatic N) is 1. The summed E-state index contributed by atoms with van der Waals surface area (Å²) in [5.74, 6) is -0.824. The summed E-state index contributed by atoms with van der Waals surface area (Å²) < 4.78 is 12.9.